The van der Waals surface area contributed by atoms with Gasteiger partial charge < -0.3 is 20.1 Å². The summed E-state index contributed by atoms with van der Waals surface area (Å²) in [6, 6.07) is 0. The van der Waals surface area contributed by atoms with Crippen LogP contribution in [0, 0.1) is 4.64 Å². The molecule has 4 N–H and O–H groups in total. The van der Waals surface area contributed by atoms with Crippen molar-refractivity contribution in [1.82, 2.24) is 14.5 Å². The van der Waals surface area contributed by atoms with E-state index in [2.05, 4.69) is 9.97 Å². The zero-order chi connectivity index (χ0) is 22.2. The highest BCUT2D eigenvalue weighted by Gasteiger charge is 2.50. The van der Waals surface area contributed by atoms with Crippen molar-refractivity contribution in [2.75, 3.05) is 0 Å². The van der Waals surface area contributed by atoms with Crippen LogP contribution in [0.15, 0.2) is 12.7 Å². The van der Waals surface area contributed by atoms with E-state index >= 15 is 0 Å². The fraction of sp³-hybridized carbons (Fsp3) is 0.722. The number of aliphatic hydroxyl groups is 3. The first kappa shape index (κ1) is 23.3. The van der Waals surface area contributed by atoms with E-state index in [0.29, 0.717) is 28.6 Å². The standard InChI is InChI=1S/C18H28N4O6PS/c1-5-11(23)29(26)28-18(3,6-2)7-10-13(24)14(25)17(27-10)22-9-21(4)12-15(22)19-8-20-16(12)30/h8-11,13-14,17,23-25H,5-7H2,1-4H3/q+1/p+1/t10-,11?,13-,14-,17?,18?/m1/s1. The Bertz CT molecular complexity index is 983. The van der Waals surface area contributed by atoms with Crippen LogP contribution in [-0.2, 0) is 20.9 Å². The van der Waals surface area contributed by atoms with Crippen LogP contribution in [-0.4, -0.2) is 59.6 Å². The molecule has 30 heavy (non-hydrogen) atoms. The minimum absolute atomic E-state index is 0.193. The second-order valence-electron chi connectivity index (χ2n) is 7.86. The number of aliphatic hydroxyl groups excluding tert-OH is 3. The third-order valence-corrected chi connectivity index (χ3v) is 7.40. The fourth-order valence-electron chi connectivity index (χ4n) is 3.62. The Kier molecular flexibility index (Phi) is 7.03. The molecule has 1 fully saturated rings. The molecule has 0 spiro atoms. The first-order valence-corrected chi connectivity index (χ1v) is 11.6. The Hall–Kier alpha value is -1.33. The van der Waals surface area contributed by atoms with E-state index in [4.69, 9.17) is 21.5 Å². The number of imidazole rings is 1. The van der Waals surface area contributed by atoms with Crippen molar-refractivity contribution in [2.45, 2.75) is 76.0 Å². The lowest BCUT2D eigenvalue weighted by atomic mass is 9.93. The van der Waals surface area contributed by atoms with E-state index in [-0.39, 0.29) is 6.42 Å². The summed E-state index contributed by atoms with van der Waals surface area (Å²) in [5, 5.41) is 31.2. The predicted molar refractivity (Wildman–Crippen MR) is 110 cm³/mol. The summed E-state index contributed by atoms with van der Waals surface area (Å²) in [7, 11) is -0.484. The minimum atomic E-state index is -2.29. The van der Waals surface area contributed by atoms with Crippen molar-refractivity contribution in [3.63, 3.8) is 0 Å². The number of aromatic amines is 1. The number of H-pyrrole nitrogens is 1. The molecule has 1 aliphatic rings. The molecule has 1 aliphatic heterocycles. The molecule has 2 aromatic rings. The summed E-state index contributed by atoms with van der Waals surface area (Å²) >= 11 is 5.28. The molecule has 2 aromatic heterocycles. The largest absolute Gasteiger partial charge is 0.540 e. The highest BCUT2D eigenvalue weighted by molar-refractivity contribution is 7.71. The van der Waals surface area contributed by atoms with Crippen LogP contribution in [0.5, 0.6) is 0 Å². The Morgan fingerprint density at radius 1 is 1.47 bits per heavy atom. The zero-order valence-corrected chi connectivity index (χ0v) is 19.1. The van der Waals surface area contributed by atoms with E-state index in [1.165, 1.54) is 6.33 Å². The van der Waals surface area contributed by atoms with E-state index < -0.39 is 44.0 Å². The molecule has 4 unspecified atom stereocenters. The second kappa shape index (κ2) is 9.04. The van der Waals surface area contributed by atoms with Gasteiger partial charge in [0.2, 0.25) is 11.7 Å². The fourth-order valence-corrected chi connectivity index (χ4v) is 4.97. The topological polar surface area (TPSA) is 134 Å². The number of ether oxygens (including phenoxy) is 1. The maximum atomic E-state index is 12.2. The van der Waals surface area contributed by atoms with E-state index in [0.717, 1.165) is 0 Å². The maximum absolute atomic E-state index is 12.2. The normalized spacial score (nSPS) is 27.9. The van der Waals surface area contributed by atoms with Crippen LogP contribution in [0.3, 0.4) is 0 Å². The third kappa shape index (κ3) is 4.34. The number of aryl methyl sites for hydroxylation is 1. The highest BCUT2D eigenvalue weighted by Crippen LogP contribution is 2.41. The van der Waals surface area contributed by atoms with Crippen molar-refractivity contribution >= 4 is 31.4 Å². The zero-order valence-electron chi connectivity index (χ0n) is 17.4. The Morgan fingerprint density at radius 2 is 2.17 bits per heavy atom. The quantitative estimate of drug-likeness (QED) is 0.265. The van der Waals surface area contributed by atoms with Crippen molar-refractivity contribution in [2.24, 2.45) is 7.05 Å². The summed E-state index contributed by atoms with van der Waals surface area (Å²) in [4.78, 5) is 7.09. The smallest absolute Gasteiger partial charge is 0.387 e. The molecule has 0 radical (unpaired) electrons. The highest BCUT2D eigenvalue weighted by atomic mass is 32.1. The molecular formula is C18H29N4O6PS+2. The summed E-state index contributed by atoms with van der Waals surface area (Å²) < 4.78 is 27.8. The van der Waals surface area contributed by atoms with Gasteiger partial charge in [0.15, 0.2) is 17.3 Å². The Labute approximate surface area is 180 Å². The van der Waals surface area contributed by atoms with Crippen molar-refractivity contribution in [3.05, 3.63) is 17.3 Å². The summed E-state index contributed by atoms with van der Waals surface area (Å²) in [5.41, 5.74) is 0.378. The lowest BCUT2D eigenvalue weighted by Gasteiger charge is -2.26. The molecule has 0 amide bonds. The number of fused-ring (bicyclic) bond motifs is 1. The SMILES string of the molecule is CCC(O)[P+](=O)OC(C)(CC)C[C@H]1OC([n+]2cn(C)c3c(=S)nc[nH]c32)[C@H](O)[C@@H]1O. The van der Waals surface area contributed by atoms with Gasteiger partial charge in [-0.2, -0.15) is 0 Å². The van der Waals surface area contributed by atoms with Gasteiger partial charge in [0.1, 0.15) is 17.8 Å². The van der Waals surface area contributed by atoms with Crippen LogP contribution in [0.1, 0.15) is 46.3 Å². The maximum Gasteiger partial charge on any atom is 0.540 e. The number of rotatable bonds is 8. The average Bonchev–Trinajstić information content (AvgIpc) is 3.19. The van der Waals surface area contributed by atoms with E-state index in [1.54, 1.807) is 36.4 Å². The molecule has 3 heterocycles. The van der Waals surface area contributed by atoms with E-state index in [1.807, 2.05) is 6.92 Å². The molecule has 166 valence electrons. The minimum Gasteiger partial charge on any atom is -0.387 e. The molecule has 0 aliphatic carbocycles. The Morgan fingerprint density at radius 3 is 2.80 bits per heavy atom. The van der Waals surface area contributed by atoms with Crippen molar-refractivity contribution in [1.29, 1.82) is 0 Å². The number of hydrogen-bond acceptors (Lipinski definition) is 8. The van der Waals surface area contributed by atoms with Gasteiger partial charge in [-0.15, -0.1) is 4.52 Å². The second-order valence-corrected chi connectivity index (χ2v) is 9.59. The monoisotopic (exact) mass is 460 g/mol. The van der Waals surface area contributed by atoms with Crippen LogP contribution in [0.4, 0.5) is 0 Å². The number of hydrogen-bond donors (Lipinski definition) is 4. The summed E-state index contributed by atoms with van der Waals surface area (Å²) in [6.45, 7) is 5.34. The molecule has 0 bridgehead atoms. The van der Waals surface area contributed by atoms with Crippen LogP contribution >= 0.6 is 20.2 Å². The number of aromatic nitrogens is 4. The molecule has 7 atom stereocenters. The van der Waals surface area contributed by atoms with Gasteiger partial charge in [-0.1, -0.05) is 26.1 Å². The van der Waals surface area contributed by atoms with Gasteiger partial charge in [-0.25, -0.2) is 9.55 Å². The first-order chi connectivity index (χ1) is 14.1. The Balaban J connectivity index is 1.84. The van der Waals surface area contributed by atoms with Gasteiger partial charge in [-0.05, 0) is 17.9 Å². The third-order valence-electron chi connectivity index (χ3n) is 5.63. The summed E-state index contributed by atoms with van der Waals surface area (Å²) in [6.07, 6.45) is 0.174. The molecule has 0 aromatic carbocycles. The first-order valence-electron chi connectivity index (χ1n) is 9.90. The summed E-state index contributed by atoms with van der Waals surface area (Å²) in [5.74, 6) is -1.05. The molecule has 3 rings (SSSR count). The van der Waals surface area contributed by atoms with Gasteiger partial charge in [0.05, 0.1) is 13.2 Å². The molecule has 12 heteroatoms. The number of nitrogens with one attached hydrogen (secondary N) is 1. The van der Waals surface area contributed by atoms with Gasteiger partial charge in [0.25, 0.3) is 11.5 Å². The van der Waals surface area contributed by atoms with E-state index in [9.17, 15) is 19.9 Å². The van der Waals surface area contributed by atoms with Crippen LogP contribution in [0.2, 0.25) is 0 Å². The van der Waals surface area contributed by atoms with Crippen molar-refractivity contribution < 1.29 is 33.7 Å². The van der Waals surface area contributed by atoms with Crippen LogP contribution in [0.25, 0.3) is 11.2 Å². The molecular weight excluding hydrogens is 431 g/mol. The molecule has 0 saturated carbocycles. The van der Waals surface area contributed by atoms with Crippen LogP contribution < -0.4 is 4.57 Å². The molecule has 1 saturated heterocycles. The van der Waals surface area contributed by atoms with Gasteiger partial charge >= 0.3 is 8.03 Å². The van der Waals surface area contributed by atoms with Gasteiger partial charge in [-0.3, -0.25) is 9.55 Å². The molecule has 10 nitrogen and oxygen atoms in total. The van der Waals surface area contributed by atoms with Gasteiger partial charge in [0, 0.05) is 12.8 Å². The lowest BCUT2D eigenvalue weighted by Crippen LogP contribution is -2.45. The number of nitrogens with zero attached hydrogens (tertiary/aromatic N) is 3. The predicted octanol–water partition coefficient (Wildman–Crippen LogP) is 1.58. The average molecular weight is 460 g/mol. The lowest BCUT2D eigenvalue weighted by molar-refractivity contribution is -0.746. The van der Waals surface area contributed by atoms with Crippen molar-refractivity contribution in [3.8, 4) is 0 Å².